The largest absolute Gasteiger partial charge is 0.465 e. The molecule has 88 valence electrons. The van der Waals surface area contributed by atoms with Crippen LogP contribution in [0.25, 0.3) is 5.82 Å². The van der Waals surface area contributed by atoms with Crippen molar-refractivity contribution in [3.63, 3.8) is 0 Å². The van der Waals surface area contributed by atoms with Gasteiger partial charge < -0.3 is 10.5 Å². The molecule has 0 aromatic carbocycles. The van der Waals surface area contributed by atoms with Crippen molar-refractivity contribution in [3.8, 4) is 5.82 Å². The highest BCUT2D eigenvalue weighted by molar-refractivity contribution is 5.92. The number of aromatic nitrogens is 3. The van der Waals surface area contributed by atoms with Gasteiger partial charge in [-0.05, 0) is 19.1 Å². The van der Waals surface area contributed by atoms with Crippen LogP contribution in [0.15, 0.2) is 24.4 Å². The maximum Gasteiger partial charge on any atom is 0.341 e. The van der Waals surface area contributed by atoms with E-state index < -0.39 is 5.97 Å². The fourth-order valence-electron chi connectivity index (χ4n) is 1.55. The lowest BCUT2D eigenvalue weighted by Gasteiger charge is -2.07. The normalized spacial score (nSPS) is 10.2. The van der Waals surface area contributed by atoms with E-state index in [1.807, 2.05) is 6.92 Å². The predicted octanol–water partition coefficient (Wildman–Crippen LogP) is 0.945. The summed E-state index contributed by atoms with van der Waals surface area (Å²) in [5.41, 5.74) is 6.75. The number of nitrogens with two attached hydrogens (primary N) is 1. The summed E-state index contributed by atoms with van der Waals surface area (Å²) in [7, 11) is 1.32. The number of aryl methyl sites for hydroxylation is 1. The molecule has 0 bridgehead atoms. The van der Waals surface area contributed by atoms with E-state index in [-0.39, 0.29) is 0 Å². The van der Waals surface area contributed by atoms with Crippen molar-refractivity contribution in [3.05, 3.63) is 35.7 Å². The van der Waals surface area contributed by atoms with Crippen LogP contribution in [-0.4, -0.2) is 27.8 Å². The van der Waals surface area contributed by atoms with Crippen LogP contribution in [0.4, 0.5) is 5.82 Å². The standard InChI is InChI=1S/C11H12N4O2/c1-7-6-9(12)14-15(7)10-8(11(16)17-2)4-3-5-13-10/h3-6H,1-2H3,(H2,12,14). The van der Waals surface area contributed by atoms with Crippen LogP contribution in [0.1, 0.15) is 16.1 Å². The minimum absolute atomic E-state index is 0.348. The van der Waals surface area contributed by atoms with E-state index in [2.05, 4.69) is 10.1 Å². The van der Waals surface area contributed by atoms with Crippen molar-refractivity contribution in [1.82, 2.24) is 14.8 Å². The van der Waals surface area contributed by atoms with Gasteiger partial charge in [-0.25, -0.2) is 14.5 Å². The van der Waals surface area contributed by atoms with Gasteiger partial charge >= 0.3 is 5.97 Å². The lowest BCUT2D eigenvalue weighted by molar-refractivity contribution is 0.0600. The van der Waals surface area contributed by atoms with Gasteiger partial charge in [0.05, 0.1) is 7.11 Å². The van der Waals surface area contributed by atoms with E-state index in [0.29, 0.717) is 17.2 Å². The fraction of sp³-hybridized carbons (Fsp3) is 0.182. The zero-order valence-corrected chi connectivity index (χ0v) is 9.54. The lowest BCUT2D eigenvalue weighted by Crippen LogP contribution is -2.11. The molecule has 0 amide bonds. The molecule has 2 heterocycles. The van der Waals surface area contributed by atoms with E-state index in [0.717, 1.165) is 5.69 Å². The van der Waals surface area contributed by atoms with E-state index in [9.17, 15) is 4.79 Å². The molecule has 2 rings (SSSR count). The molecular formula is C11H12N4O2. The molecule has 6 heteroatoms. The van der Waals surface area contributed by atoms with Gasteiger partial charge in [0.1, 0.15) is 11.4 Å². The Morgan fingerprint density at radius 1 is 1.53 bits per heavy atom. The van der Waals surface area contributed by atoms with Gasteiger partial charge in [0.15, 0.2) is 5.82 Å². The average molecular weight is 232 g/mol. The minimum Gasteiger partial charge on any atom is -0.465 e. The number of pyridine rings is 1. The Morgan fingerprint density at radius 3 is 2.88 bits per heavy atom. The van der Waals surface area contributed by atoms with Crippen LogP contribution in [0.2, 0.25) is 0 Å². The van der Waals surface area contributed by atoms with E-state index in [1.165, 1.54) is 11.8 Å². The highest BCUT2D eigenvalue weighted by Gasteiger charge is 2.16. The van der Waals surface area contributed by atoms with Gasteiger partial charge in [0.2, 0.25) is 0 Å². The molecule has 0 saturated carbocycles. The molecule has 0 aliphatic rings. The molecule has 0 atom stereocenters. The Kier molecular flexibility index (Phi) is 2.78. The first-order chi connectivity index (χ1) is 8.13. The van der Waals surface area contributed by atoms with Crippen LogP contribution in [0.3, 0.4) is 0 Å². The van der Waals surface area contributed by atoms with Gasteiger partial charge in [-0.15, -0.1) is 5.10 Å². The Morgan fingerprint density at radius 2 is 2.29 bits per heavy atom. The SMILES string of the molecule is COC(=O)c1cccnc1-n1nc(N)cc1C. The monoisotopic (exact) mass is 232 g/mol. The lowest BCUT2D eigenvalue weighted by atomic mass is 10.2. The zero-order chi connectivity index (χ0) is 12.4. The number of anilines is 1. The van der Waals surface area contributed by atoms with Crippen LogP contribution < -0.4 is 5.73 Å². The molecule has 2 N–H and O–H groups in total. The number of rotatable bonds is 2. The summed E-state index contributed by atoms with van der Waals surface area (Å²) in [6, 6.07) is 5.00. The first kappa shape index (κ1) is 11.1. The number of esters is 1. The van der Waals surface area contributed by atoms with Crippen molar-refractivity contribution < 1.29 is 9.53 Å². The predicted molar refractivity (Wildman–Crippen MR) is 61.8 cm³/mol. The second-order valence-electron chi connectivity index (χ2n) is 3.49. The van der Waals surface area contributed by atoms with Crippen LogP contribution >= 0.6 is 0 Å². The first-order valence-electron chi connectivity index (χ1n) is 4.99. The van der Waals surface area contributed by atoms with Crippen molar-refractivity contribution in [2.24, 2.45) is 0 Å². The molecule has 17 heavy (non-hydrogen) atoms. The van der Waals surface area contributed by atoms with Crippen molar-refractivity contribution >= 4 is 11.8 Å². The molecule has 2 aromatic heterocycles. The van der Waals surface area contributed by atoms with Crippen molar-refractivity contribution in [1.29, 1.82) is 0 Å². The number of nitrogen functional groups attached to an aromatic ring is 1. The smallest absolute Gasteiger partial charge is 0.341 e. The third kappa shape index (κ3) is 1.96. The number of methoxy groups -OCH3 is 1. The maximum absolute atomic E-state index is 11.6. The number of ether oxygens (including phenoxy) is 1. The Balaban J connectivity index is 2.59. The zero-order valence-electron chi connectivity index (χ0n) is 9.54. The molecule has 0 radical (unpaired) electrons. The van der Waals surface area contributed by atoms with Crippen molar-refractivity contribution in [2.45, 2.75) is 6.92 Å². The maximum atomic E-state index is 11.6. The van der Waals surface area contributed by atoms with E-state index in [1.54, 1.807) is 24.4 Å². The summed E-state index contributed by atoms with van der Waals surface area (Å²) >= 11 is 0. The quantitative estimate of drug-likeness (QED) is 0.779. The van der Waals surface area contributed by atoms with E-state index >= 15 is 0 Å². The summed E-state index contributed by atoms with van der Waals surface area (Å²) < 4.78 is 6.21. The number of carbonyl (C=O) groups excluding carboxylic acids is 1. The summed E-state index contributed by atoms with van der Waals surface area (Å²) in [5.74, 6) is 0.332. The second-order valence-corrected chi connectivity index (χ2v) is 3.49. The molecule has 0 aliphatic carbocycles. The van der Waals surface area contributed by atoms with Crippen LogP contribution in [0, 0.1) is 6.92 Å². The molecular weight excluding hydrogens is 220 g/mol. The highest BCUT2D eigenvalue weighted by atomic mass is 16.5. The topological polar surface area (TPSA) is 83.0 Å². The third-order valence-corrected chi connectivity index (χ3v) is 2.30. The summed E-state index contributed by atoms with van der Waals surface area (Å²) in [6.45, 7) is 1.83. The third-order valence-electron chi connectivity index (χ3n) is 2.30. The summed E-state index contributed by atoms with van der Waals surface area (Å²) in [6.07, 6.45) is 1.58. The number of hydrogen-bond acceptors (Lipinski definition) is 5. The van der Waals surface area contributed by atoms with Gasteiger partial charge in [0.25, 0.3) is 0 Å². The molecule has 6 nitrogen and oxygen atoms in total. The van der Waals surface area contributed by atoms with Gasteiger partial charge in [0, 0.05) is 18.0 Å². The fourth-order valence-corrected chi connectivity index (χ4v) is 1.55. The van der Waals surface area contributed by atoms with Gasteiger partial charge in [-0.3, -0.25) is 0 Å². The van der Waals surface area contributed by atoms with Gasteiger partial charge in [-0.1, -0.05) is 0 Å². The number of nitrogens with zero attached hydrogens (tertiary/aromatic N) is 3. The van der Waals surface area contributed by atoms with E-state index in [4.69, 9.17) is 10.5 Å². The first-order valence-corrected chi connectivity index (χ1v) is 4.99. The Hall–Kier alpha value is -2.37. The second kappa shape index (κ2) is 4.25. The molecule has 0 spiro atoms. The molecule has 0 fully saturated rings. The summed E-state index contributed by atoms with van der Waals surface area (Å²) in [5, 5.41) is 4.08. The average Bonchev–Trinajstić information content (AvgIpc) is 2.67. The Bertz CT molecular complexity index is 562. The van der Waals surface area contributed by atoms with Crippen LogP contribution in [0.5, 0.6) is 0 Å². The highest BCUT2D eigenvalue weighted by Crippen LogP contribution is 2.15. The molecule has 0 unspecified atom stereocenters. The minimum atomic E-state index is -0.457. The number of hydrogen-bond donors (Lipinski definition) is 1. The van der Waals surface area contributed by atoms with Gasteiger partial charge in [-0.2, -0.15) is 0 Å². The summed E-state index contributed by atoms with van der Waals surface area (Å²) in [4.78, 5) is 15.7. The molecule has 2 aromatic rings. The molecule has 0 saturated heterocycles. The molecule has 0 aliphatic heterocycles. The van der Waals surface area contributed by atoms with Crippen LogP contribution in [-0.2, 0) is 4.74 Å². The van der Waals surface area contributed by atoms with Crippen molar-refractivity contribution in [2.75, 3.05) is 12.8 Å². The number of carbonyl (C=O) groups is 1. The Labute approximate surface area is 98.0 Å².